The van der Waals surface area contributed by atoms with Crippen LogP contribution in [0.5, 0.6) is 11.5 Å². The molecule has 19 heavy (non-hydrogen) atoms. The number of benzene rings is 2. The number of rotatable bonds is 3. The molecule has 0 aliphatic carbocycles. The molecule has 0 aromatic heterocycles. The standard InChI is InChI=1S/C14H11NO4/c16-12-6-3-10(13(17)7-12)8-15-11-4-1-9(2-5-11)14(18)19/h1-8,16-17H,(H,18,19)/p-1. The van der Waals surface area contributed by atoms with Gasteiger partial charge in [0.15, 0.2) is 0 Å². The zero-order chi connectivity index (χ0) is 13.8. The molecule has 0 saturated carbocycles. The summed E-state index contributed by atoms with van der Waals surface area (Å²) in [6.07, 6.45) is 1.37. The Morgan fingerprint density at radius 3 is 2.42 bits per heavy atom. The average molecular weight is 256 g/mol. The summed E-state index contributed by atoms with van der Waals surface area (Å²) < 4.78 is 0. The number of aliphatic imine (C=N–C) groups is 1. The van der Waals surface area contributed by atoms with Crippen molar-refractivity contribution in [3.63, 3.8) is 0 Å². The van der Waals surface area contributed by atoms with E-state index < -0.39 is 5.97 Å². The first kappa shape index (κ1) is 12.6. The van der Waals surface area contributed by atoms with Crippen LogP contribution in [-0.2, 0) is 0 Å². The molecule has 0 spiro atoms. The maximum atomic E-state index is 11.5. The summed E-state index contributed by atoms with van der Waals surface area (Å²) in [5.74, 6) is -1.42. The lowest BCUT2D eigenvalue weighted by Gasteiger charge is -2.09. The second-order valence-electron chi connectivity index (χ2n) is 3.83. The largest absolute Gasteiger partial charge is 0.872 e. The molecule has 0 radical (unpaired) electrons. The highest BCUT2D eigenvalue weighted by molar-refractivity contribution is 5.88. The third-order valence-electron chi connectivity index (χ3n) is 2.46. The average Bonchev–Trinajstić information content (AvgIpc) is 2.38. The monoisotopic (exact) mass is 256 g/mol. The van der Waals surface area contributed by atoms with E-state index in [9.17, 15) is 9.90 Å². The van der Waals surface area contributed by atoms with Crippen molar-refractivity contribution in [2.45, 2.75) is 0 Å². The van der Waals surface area contributed by atoms with Crippen LogP contribution in [0.25, 0.3) is 0 Å². The predicted molar refractivity (Wildman–Crippen MR) is 68.2 cm³/mol. The van der Waals surface area contributed by atoms with Crippen LogP contribution in [0.1, 0.15) is 15.9 Å². The van der Waals surface area contributed by atoms with E-state index in [2.05, 4.69) is 4.99 Å². The molecule has 2 N–H and O–H groups in total. The summed E-state index contributed by atoms with van der Waals surface area (Å²) in [4.78, 5) is 14.7. The number of carboxylic acids is 1. The van der Waals surface area contributed by atoms with E-state index in [4.69, 9.17) is 10.2 Å². The lowest BCUT2D eigenvalue weighted by Crippen LogP contribution is -1.95. The fraction of sp³-hybridized carbons (Fsp3) is 0. The van der Waals surface area contributed by atoms with Crippen molar-refractivity contribution < 1.29 is 20.1 Å². The smallest absolute Gasteiger partial charge is 0.335 e. The number of aromatic hydroxyl groups is 1. The highest BCUT2D eigenvalue weighted by Crippen LogP contribution is 2.19. The Morgan fingerprint density at radius 1 is 1.16 bits per heavy atom. The SMILES string of the molecule is O=C(O)c1ccc(N=Cc2ccc(O)cc2[O-])cc1. The number of hydrogen-bond acceptors (Lipinski definition) is 4. The first-order valence-electron chi connectivity index (χ1n) is 5.44. The van der Waals surface area contributed by atoms with Crippen LogP contribution >= 0.6 is 0 Å². The van der Waals surface area contributed by atoms with Crippen molar-refractivity contribution in [2.75, 3.05) is 0 Å². The van der Waals surface area contributed by atoms with Crippen LogP contribution in [0, 0.1) is 0 Å². The molecule has 0 fully saturated rings. The van der Waals surface area contributed by atoms with Crippen LogP contribution in [0.3, 0.4) is 0 Å². The molecule has 5 heteroatoms. The van der Waals surface area contributed by atoms with Gasteiger partial charge in [-0.05, 0) is 42.0 Å². The maximum Gasteiger partial charge on any atom is 0.335 e. The highest BCUT2D eigenvalue weighted by Gasteiger charge is 2.00. The van der Waals surface area contributed by atoms with Crippen LogP contribution in [-0.4, -0.2) is 22.4 Å². The van der Waals surface area contributed by atoms with E-state index in [-0.39, 0.29) is 17.1 Å². The van der Waals surface area contributed by atoms with Crippen LogP contribution in [0.2, 0.25) is 0 Å². The quantitative estimate of drug-likeness (QED) is 0.820. The lowest BCUT2D eigenvalue weighted by molar-refractivity contribution is -0.268. The zero-order valence-electron chi connectivity index (χ0n) is 9.78. The molecule has 0 aliphatic rings. The van der Waals surface area contributed by atoms with E-state index >= 15 is 0 Å². The number of hydrogen-bond donors (Lipinski definition) is 2. The Hall–Kier alpha value is -2.82. The number of carbonyl (C=O) groups is 1. The van der Waals surface area contributed by atoms with Gasteiger partial charge in [0.05, 0.1) is 11.3 Å². The molecule has 0 heterocycles. The van der Waals surface area contributed by atoms with Gasteiger partial charge in [-0.15, -0.1) is 0 Å². The van der Waals surface area contributed by atoms with Crippen molar-refractivity contribution in [1.29, 1.82) is 0 Å². The van der Waals surface area contributed by atoms with Gasteiger partial charge in [0.25, 0.3) is 0 Å². The maximum absolute atomic E-state index is 11.5. The third-order valence-corrected chi connectivity index (χ3v) is 2.46. The van der Waals surface area contributed by atoms with E-state index in [1.54, 1.807) is 12.1 Å². The molecule has 2 rings (SSSR count). The highest BCUT2D eigenvalue weighted by atomic mass is 16.4. The summed E-state index contributed by atoms with van der Waals surface area (Å²) in [7, 11) is 0. The van der Waals surface area contributed by atoms with Crippen molar-refractivity contribution in [3.05, 3.63) is 53.6 Å². The Bertz CT molecular complexity index is 632. The number of phenolic OH excluding ortho intramolecular Hbond substituents is 1. The van der Waals surface area contributed by atoms with Gasteiger partial charge >= 0.3 is 5.97 Å². The van der Waals surface area contributed by atoms with Crippen molar-refractivity contribution >= 4 is 17.9 Å². The van der Waals surface area contributed by atoms with Crippen molar-refractivity contribution in [3.8, 4) is 11.5 Å². The van der Waals surface area contributed by atoms with Gasteiger partial charge in [-0.3, -0.25) is 4.99 Å². The fourth-order valence-corrected chi connectivity index (χ4v) is 1.46. The molecule has 0 bridgehead atoms. The van der Waals surface area contributed by atoms with Gasteiger partial charge in [0.1, 0.15) is 5.75 Å². The van der Waals surface area contributed by atoms with Crippen LogP contribution in [0.4, 0.5) is 5.69 Å². The first-order chi connectivity index (χ1) is 9.06. The molecule has 2 aromatic carbocycles. The van der Waals surface area contributed by atoms with Gasteiger partial charge < -0.3 is 15.3 Å². The summed E-state index contributed by atoms with van der Waals surface area (Å²) in [6.45, 7) is 0. The number of nitrogens with zero attached hydrogens (tertiary/aromatic N) is 1. The molecule has 0 atom stereocenters. The molecular weight excluding hydrogens is 246 g/mol. The number of phenols is 1. The molecule has 0 aliphatic heterocycles. The number of aromatic carboxylic acids is 1. The van der Waals surface area contributed by atoms with Crippen molar-refractivity contribution in [2.24, 2.45) is 4.99 Å². The second kappa shape index (κ2) is 5.22. The van der Waals surface area contributed by atoms with Crippen LogP contribution < -0.4 is 5.11 Å². The Kier molecular flexibility index (Phi) is 3.47. The third kappa shape index (κ3) is 3.10. The van der Waals surface area contributed by atoms with Gasteiger partial charge in [-0.1, -0.05) is 11.8 Å². The van der Waals surface area contributed by atoms with Crippen molar-refractivity contribution in [1.82, 2.24) is 0 Å². The molecule has 0 saturated heterocycles. The van der Waals surface area contributed by atoms with Gasteiger partial charge in [-0.25, -0.2) is 4.79 Å². The Balaban J connectivity index is 2.20. The summed E-state index contributed by atoms with van der Waals surface area (Å²) in [6, 6.07) is 9.93. The molecule has 0 unspecified atom stereocenters. The topological polar surface area (TPSA) is 93.0 Å². The van der Waals surface area contributed by atoms with E-state index in [0.29, 0.717) is 11.3 Å². The predicted octanol–water partition coefficient (Wildman–Crippen LogP) is 1.91. The van der Waals surface area contributed by atoms with Gasteiger partial charge in [-0.2, -0.15) is 0 Å². The molecule has 0 amide bonds. The Morgan fingerprint density at radius 2 is 1.84 bits per heavy atom. The minimum Gasteiger partial charge on any atom is -0.872 e. The lowest BCUT2D eigenvalue weighted by atomic mass is 10.2. The van der Waals surface area contributed by atoms with E-state index in [1.165, 1.54) is 30.5 Å². The fourth-order valence-electron chi connectivity index (χ4n) is 1.46. The minimum atomic E-state index is -1.00. The summed E-state index contributed by atoms with van der Waals surface area (Å²) in [5, 5.41) is 29.3. The Labute approximate surface area is 109 Å². The molecular formula is C14H10NO4-. The van der Waals surface area contributed by atoms with Gasteiger partial charge in [0.2, 0.25) is 0 Å². The minimum absolute atomic E-state index is 0.0899. The van der Waals surface area contributed by atoms with E-state index in [0.717, 1.165) is 6.07 Å². The number of carboxylic acid groups (broad SMARTS) is 1. The molecule has 2 aromatic rings. The molecule has 96 valence electrons. The normalized spacial score (nSPS) is 10.7. The summed E-state index contributed by atoms with van der Waals surface area (Å²) in [5.41, 5.74) is 1.06. The zero-order valence-corrected chi connectivity index (χ0v) is 9.78. The van der Waals surface area contributed by atoms with Gasteiger partial charge in [0, 0.05) is 6.21 Å². The first-order valence-corrected chi connectivity index (χ1v) is 5.44. The second-order valence-corrected chi connectivity index (χ2v) is 3.83. The van der Waals surface area contributed by atoms with E-state index in [1.807, 2.05) is 0 Å². The summed E-state index contributed by atoms with van der Waals surface area (Å²) >= 11 is 0. The van der Waals surface area contributed by atoms with Crippen LogP contribution in [0.15, 0.2) is 47.5 Å². The molecule has 5 nitrogen and oxygen atoms in total.